The van der Waals surface area contributed by atoms with Crippen LogP contribution < -0.4 is 5.56 Å². The van der Waals surface area contributed by atoms with E-state index in [-0.39, 0.29) is 17.2 Å². The van der Waals surface area contributed by atoms with Crippen LogP contribution in [-0.4, -0.2) is 37.4 Å². The number of halogens is 1. The summed E-state index contributed by atoms with van der Waals surface area (Å²) in [6.07, 6.45) is 1.60. The molecule has 152 valence electrons. The van der Waals surface area contributed by atoms with Gasteiger partial charge in [-0.05, 0) is 36.8 Å². The van der Waals surface area contributed by atoms with E-state index in [1.807, 2.05) is 68.6 Å². The molecule has 1 saturated heterocycles. The van der Waals surface area contributed by atoms with Crippen molar-refractivity contribution in [1.29, 1.82) is 0 Å². The highest BCUT2D eigenvalue weighted by atomic mass is 79.9. The predicted octanol–water partition coefficient (Wildman–Crippen LogP) is 3.84. The molecule has 9 heteroatoms. The van der Waals surface area contributed by atoms with Gasteiger partial charge in [0, 0.05) is 11.5 Å². The number of carbonyl (C=O) groups is 1. The first-order valence-corrected chi connectivity index (χ1v) is 10.9. The number of para-hydroxylation sites is 1. The zero-order chi connectivity index (χ0) is 21.3. The van der Waals surface area contributed by atoms with Gasteiger partial charge in [-0.3, -0.25) is 14.3 Å². The second-order valence-electron chi connectivity index (χ2n) is 6.59. The largest absolute Gasteiger partial charge is 0.297 e. The van der Waals surface area contributed by atoms with E-state index in [0.717, 1.165) is 15.7 Å². The van der Waals surface area contributed by atoms with Crippen molar-refractivity contribution in [2.45, 2.75) is 6.92 Å². The van der Waals surface area contributed by atoms with Gasteiger partial charge >= 0.3 is 0 Å². The van der Waals surface area contributed by atoms with Gasteiger partial charge in [0.25, 0.3) is 11.5 Å². The molecule has 3 aromatic rings. The summed E-state index contributed by atoms with van der Waals surface area (Å²) in [4.78, 5) is 29.9. The number of amides is 1. The Balaban J connectivity index is 1.71. The summed E-state index contributed by atoms with van der Waals surface area (Å²) in [7, 11) is 1.81. The van der Waals surface area contributed by atoms with Crippen molar-refractivity contribution in [2.75, 3.05) is 5.75 Å². The van der Waals surface area contributed by atoms with Crippen LogP contribution in [0.3, 0.4) is 0 Å². The fourth-order valence-electron chi connectivity index (χ4n) is 3.00. The number of hydrogen-bond acceptors (Lipinski definition) is 5. The highest BCUT2D eigenvalue weighted by Gasteiger charge is 2.29. The number of carbonyl (C=O) groups excluding carboxylic acids is 1. The van der Waals surface area contributed by atoms with Gasteiger partial charge in [-0.1, -0.05) is 58.0 Å². The lowest BCUT2D eigenvalue weighted by atomic mass is 10.2. The third kappa shape index (κ3) is 3.90. The molecule has 0 radical (unpaired) electrons. The molecule has 2 heterocycles. The van der Waals surface area contributed by atoms with E-state index in [0.29, 0.717) is 16.5 Å². The zero-order valence-electron chi connectivity index (χ0n) is 16.3. The van der Waals surface area contributed by atoms with Crippen molar-refractivity contribution < 1.29 is 4.79 Å². The molecule has 0 saturated carbocycles. The summed E-state index contributed by atoms with van der Waals surface area (Å²) in [5.41, 5.74) is 2.35. The van der Waals surface area contributed by atoms with Gasteiger partial charge in [0.1, 0.15) is 0 Å². The molecule has 0 unspecified atom stereocenters. The summed E-state index contributed by atoms with van der Waals surface area (Å²) < 4.78 is 4.28. The van der Waals surface area contributed by atoms with Crippen molar-refractivity contribution in [2.24, 2.45) is 17.1 Å². The quantitative estimate of drug-likeness (QED) is 0.529. The van der Waals surface area contributed by atoms with Gasteiger partial charge in [-0.25, -0.2) is 9.67 Å². The molecule has 0 N–H and O–H groups in total. The van der Waals surface area contributed by atoms with Crippen LogP contribution in [0.2, 0.25) is 0 Å². The fraction of sp³-hybridized carbons (Fsp3) is 0.143. The third-order valence-electron chi connectivity index (χ3n) is 4.67. The van der Waals surface area contributed by atoms with E-state index in [2.05, 4.69) is 26.0 Å². The lowest BCUT2D eigenvalue weighted by Crippen LogP contribution is -2.24. The molecule has 7 nitrogen and oxygen atoms in total. The molecular formula is C21H18BrN5O2S. The molecular weight excluding hydrogens is 466 g/mol. The summed E-state index contributed by atoms with van der Waals surface area (Å²) in [5.74, 6) is 0.0546. The number of rotatable bonds is 4. The average Bonchev–Trinajstić information content (AvgIpc) is 3.20. The van der Waals surface area contributed by atoms with Gasteiger partial charge in [0.15, 0.2) is 10.9 Å². The molecule has 0 bridgehead atoms. The number of aliphatic imine (C=N–C) groups is 1. The molecule has 1 aliphatic rings. The summed E-state index contributed by atoms with van der Waals surface area (Å²) >= 11 is 4.66. The Labute approximate surface area is 185 Å². The SMILES string of the molecule is Cc1c(N=C2SCC(=O)N2N=Cc2ccc(Br)cc2)c(=O)n(-c2ccccc2)n1C. The number of thioether (sulfide) groups is 1. The number of hydrazone groups is 1. The number of aromatic nitrogens is 2. The van der Waals surface area contributed by atoms with E-state index in [9.17, 15) is 9.59 Å². The number of benzene rings is 2. The summed E-state index contributed by atoms with van der Waals surface area (Å²) in [6, 6.07) is 16.9. The molecule has 30 heavy (non-hydrogen) atoms. The molecule has 2 aromatic carbocycles. The van der Waals surface area contributed by atoms with Gasteiger partial charge in [-0.2, -0.15) is 10.1 Å². The van der Waals surface area contributed by atoms with Crippen molar-refractivity contribution >= 4 is 50.7 Å². The minimum atomic E-state index is -0.245. The van der Waals surface area contributed by atoms with E-state index in [1.54, 1.807) is 15.6 Å². The van der Waals surface area contributed by atoms with Crippen molar-refractivity contribution in [3.8, 4) is 5.69 Å². The Kier molecular flexibility index (Phi) is 5.74. The maximum atomic E-state index is 13.1. The Hall–Kier alpha value is -2.91. The Bertz CT molecular complexity index is 1210. The maximum absolute atomic E-state index is 13.1. The lowest BCUT2D eigenvalue weighted by molar-refractivity contribution is -0.124. The minimum Gasteiger partial charge on any atom is -0.283 e. The first-order chi connectivity index (χ1) is 14.5. The van der Waals surface area contributed by atoms with Gasteiger partial charge in [-0.15, -0.1) is 0 Å². The predicted molar refractivity (Wildman–Crippen MR) is 124 cm³/mol. The van der Waals surface area contributed by atoms with Crippen LogP contribution in [0, 0.1) is 6.92 Å². The topological polar surface area (TPSA) is 72.0 Å². The van der Waals surface area contributed by atoms with Crippen LogP contribution in [0.15, 0.2) is 74.0 Å². The van der Waals surface area contributed by atoms with Crippen LogP contribution in [0.25, 0.3) is 5.69 Å². The molecule has 4 rings (SSSR count). The molecule has 0 spiro atoms. The maximum Gasteiger partial charge on any atom is 0.297 e. The Morgan fingerprint density at radius 1 is 1.07 bits per heavy atom. The lowest BCUT2D eigenvalue weighted by Gasteiger charge is -2.08. The molecule has 1 amide bonds. The molecule has 1 aliphatic heterocycles. The smallest absolute Gasteiger partial charge is 0.283 e. The molecule has 1 aromatic heterocycles. The minimum absolute atomic E-state index is 0.177. The van der Waals surface area contributed by atoms with Crippen molar-refractivity contribution in [3.63, 3.8) is 0 Å². The average molecular weight is 484 g/mol. The van der Waals surface area contributed by atoms with Gasteiger partial charge < -0.3 is 0 Å². The Morgan fingerprint density at radius 2 is 1.77 bits per heavy atom. The van der Waals surface area contributed by atoms with Crippen LogP contribution in [0.5, 0.6) is 0 Å². The molecule has 0 aliphatic carbocycles. The third-order valence-corrected chi connectivity index (χ3v) is 6.11. The van der Waals surface area contributed by atoms with Gasteiger partial charge in [0.05, 0.1) is 23.3 Å². The van der Waals surface area contributed by atoms with Crippen LogP contribution in [0.1, 0.15) is 11.3 Å². The van der Waals surface area contributed by atoms with Crippen molar-refractivity contribution in [3.05, 3.63) is 80.7 Å². The standard InChI is InChI=1S/C21H18BrN5O2S/c1-14-19(20(29)27(25(14)2)17-6-4-3-5-7-17)24-21-26(18(28)13-30-21)23-12-15-8-10-16(22)11-9-15/h3-12H,13H2,1-2H3. The Morgan fingerprint density at radius 3 is 2.47 bits per heavy atom. The van der Waals surface area contributed by atoms with E-state index in [4.69, 9.17) is 0 Å². The normalized spacial score (nSPS) is 15.6. The number of hydrogen-bond donors (Lipinski definition) is 0. The van der Waals surface area contributed by atoms with Gasteiger partial charge in [0.2, 0.25) is 0 Å². The number of nitrogens with zero attached hydrogens (tertiary/aromatic N) is 5. The fourth-order valence-corrected chi connectivity index (χ4v) is 4.07. The van der Waals surface area contributed by atoms with Crippen LogP contribution in [0.4, 0.5) is 5.69 Å². The van der Waals surface area contributed by atoms with Crippen molar-refractivity contribution in [1.82, 2.24) is 14.4 Å². The first-order valence-electron chi connectivity index (χ1n) is 9.13. The second kappa shape index (κ2) is 8.45. The van der Waals surface area contributed by atoms with Crippen LogP contribution in [-0.2, 0) is 11.8 Å². The highest BCUT2D eigenvalue weighted by molar-refractivity contribution is 9.10. The van der Waals surface area contributed by atoms with E-state index < -0.39 is 0 Å². The summed E-state index contributed by atoms with van der Waals surface area (Å²) in [5, 5.41) is 5.95. The summed E-state index contributed by atoms with van der Waals surface area (Å²) in [6.45, 7) is 1.83. The second-order valence-corrected chi connectivity index (χ2v) is 8.45. The monoisotopic (exact) mass is 483 g/mol. The zero-order valence-corrected chi connectivity index (χ0v) is 18.7. The highest BCUT2D eigenvalue weighted by Crippen LogP contribution is 2.25. The number of amidine groups is 1. The van der Waals surface area contributed by atoms with E-state index in [1.165, 1.54) is 16.8 Å². The molecule has 1 fully saturated rings. The molecule has 0 atom stereocenters. The first kappa shape index (κ1) is 20.4. The van der Waals surface area contributed by atoms with Crippen LogP contribution >= 0.6 is 27.7 Å². The van der Waals surface area contributed by atoms with E-state index >= 15 is 0 Å².